The second kappa shape index (κ2) is 5.94. The van der Waals surface area contributed by atoms with Crippen molar-refractivity contribution in [3.05, 3.63) is 59.7 Å². The predicted molar refractivity (Wildman–Crippen MR) is 88.3 cm³/mol. The molecule has 0 saturated carbocycles. The van der Waals surface area contributed by atoms with E-state index in [-0.39, 0.29) is 0 Å². The Morgan fingerprint density at radius 3 is 1.63 bits per heavy atom. The molecule has 19 heavy (non-hydrogen) atoms. The standard InChI is InChI=1S/C17H21ClSi/c1-4-13-19(18,16-11-7-5-9-14(16)2)17-12-8-6-10-15(17)3/h5-12H,4,13H2,1-3H3. The zero-order valence-corrected chi connectivity index (χ0v) is 13.7. The first kappa shape index (κ1) is 14.4. The first-order valence-corrected chi connectivity index (χ1v) is 10.1. The molecular formula is C17H21ClSi. The van der Waals surface area contributed by atoms with Gasteiger partial charge in [-0.2, -0.15) is 11.1 Å². The Balaban J connectivity index is 2.62. The highest BCUT2D eigenvalue weighted by Gasteiger charge is 2.36. The highest BCUT2D eigenvalue weighted by Crippen LogP contribution is 2.21. The van der Waals surface area contributed by atoms with E-state index in [9.17, 15) is 0 Å². The molecule has 0 N–H and O–H groups in total. The van der Waals surface area contributed by atoms with Crippen molar-refractivity contribution in [2.24, 2.45) is 0 Å². The summed E-state index contributed by atoms with van der Waals surface area (Å²) in [5.74, 6) is 0. The summed E-state index contributed by atoms with van der Waals surface area (Å²) in [7, 11) is -2.12. The lowest BCUT2D eigenvalue weighted by Crippen LogP contribution is -2.55. The van der Waals surface area contributed by atoms with Crippen LogP contribution in [0.4, 0.5) is 0 Å². The maximum absolute atomic E-state index is 7.24. The molecule has 0 aliphatic heterocycles. The van der Waals surface area contributed by atoms with Crippen molar-refractivity contribution < 1.29 is 0 Å². The van der Waals surface area contributed by atoms with Crippen LogP contribution in [0.2, 0.25) is 6.04 Å². The van der Waals surface area contributed by atoms with Crippen molar-refractivity contribution >= 4 is 28.8 Å². The third kappa shape index (κ3) is 2.77. The minimum absolute atomic E-state index is 1.09. The molecule has 100 valence electrons. The van der Waals surface area contributed by atoms with Gasteiger partial charge in [-0.25, -0.2) is 0 Å². The fourth-order valence-corrected chi connectivity index (χ4v) is 8.29. The van der Waals surface area contributed by atoms with Crippen LogP contribution in [0.1, 0.15) is 24.5 Å². The fourth-order valence-electron chi connectivity index (χ4n) is 2.79. The molecule has 0 atom stereocenters. The average Bonchev–Trinajstić information content (AvgIpc) is 2.39. The molecule has 0 aliphatic carbocycles. The van der Waals surface area contributed by atoms with Gasteiger partial charge in [-0.3, -0.25) is 0 Å². The SMILES string of the molecule is CCC[Si](Cl)(c1ccccc1C)c1ccccc1C. The number of hydrogen-bond acceptors (Lipinski definition) is 0. The lowest BCUT2D eigenvalue weighted by Gasteiger charge is -2.28. The minimum atomic E-state index is -2.12. The molecule has 0 saturated heterocycles. The number of hydrogen-bond donors (Lipinski definition) is 0. The van der Waals surface area contributed by atoms with Gasteiger partial charge < -0.3 is 0 Å². The first-order valence-electron chi connectivity index (χ1n) is 6.90. The molecule has 0 aromatic heterocycles. The molecule has 2 aromatic rings. The van der Waals surface area contributed by atoms with Crippen LogP contribution in [0.3, 0.4) is 0 Å². The predicted octanol–water partition coefficient (Wildman–Crippen LogP) is 4.01. The average molecular weight is 289 g/mol. The molecule has 0 nitrogen and oxygen atoms in total. The Bertz CT molecular complexity index is 517. The Kier molecular flexibility index (Phi) is 4.49. The summed E-state index contributed by atoms with van der Waals surface area (Å²) in [5.41, 5.74) is 2.64. The normalized spacial score (nSPS) is 11.6. The van der Waals surface area contributed by atoms with Gasteiger partial charge in [0.15, 0.2) is 0 Å². The van der Waals surface area contributed by atoms with Crippen molar-refractivity contribution in [1.82, 2.24) is 0 Å². The molecule has 2 aromatic carbocycles. The summed E-state index contributed by atoms with van der Waals surface area (Å²) in [4.78, 5) is 0. The summed E-state index contributed by atoms with van der Waals surface area (Å²) >= 11 is 7.24. The van der Waals surface area contributed by atoms with Crippen LogP contribution < -0.4 is 10.4 Å². The molecule has 2 rings (SSSR count). The monoisotopic (exact) mass is 288 g/mol. The Morgan fingerprint density at radius 1 is 0.842 bits per heavy atom. The number of halogens is 1. The third-order valence-corrected chi connectivity index (χ3v) is 9.55. The van der Waals surface area contributed by atoms with Crippen molar-refractivity contribution in [2.45, 2.75) is 33.2 Å². The van der Waals surface area contributed by atoms with E-state index in [1.807, 2.05) is 0 Å². The van der Waals surface area contributed by atoms with E-state index in [4.69, 9.17) is 11.1 Å². The van der Waals surface area contributed by atoms with Crippen molar-refractivity contribution in [2.75, 3.05) is 0 Å². The van der Waals surface area contributed by atoms with Crippen molar-refractivity contribution in [3.63, 3.8) is 0 Å². The minimum Gasteiger partial charge on any atom is -0.155 e. The molecule has 2 heteroatoms. The van der Waals surface area contributed by atoms with Crippen LogP contribution in [0.15, 0.2) is 48.5 Å². The van der Waals surface area contributed by atoms with Crippen LogP contribution in [0, 0.1) is 13.8 Å². The van der Waals surface area contributed by atoms with Gasteiger partial charge in [-0.05, 0) is 30.3 Å². The Hall–Kier alpha value is -1.05. The highest BCUT2D eigenvalue weighted by atomic mass is 35.6. The van der Waals surface area contributed by atoms with E-state index in [1.54, 1.807) is 0 Å². The Labute approximate surface area is 122 Å². The molecule has 0 unspecified atom stereocenters. The fraction of sp³-hybridized carbons (Fsp3) is 0.294. The summed E-state index contributed by atoms with van der Waals surface area (Å²) < 4.78 is 0. The number of benzene rings is 2. The van der Waals surface area contributed by atoms with E-state index in [1.165, 1.54) is 21.5 Å². The lowest BCUT2D eigenvalue weighted by atomic mass is 10.2. The maximum Gasteiger partial charge on any atom is 0.217 e. The summed E-state index contributed by atoms with van der Waals surface area (Å²) in [6.07, 6.45) is 1.12. The number of rotatable bonds is 4. The topological polar surface area (TPSA) is 0 Å². The molecule has 0 aliphatic rings. The largest absolute Gasteiger partial charge is 0.217 e. The molecule has 0 fully saturated rings. The zero-order valence-electron chi connectivity index (χ0n) is 11.9. The second-order valence-electron chi connectivity index (χ2n) is 5.18. The van der Waals surface area contributed by atoms with Gasteiger partial charge in [0.05, 0.1) is 0 Å². The molecular weight excluding hydrogens is 268 g/mol. The smallest absolute Gasteiger partial charge is 0.155 e. The first-order chi connectivity index (χ1) is 9.09. The highest BCUT2D eigenvalue weighted by molar-refractivity contribution is 7.34. The lowest BCUT2D eigenvalue weighted by molar-refractivity contribution is 1.07. The van der Waals surface area contributed by atoms with E-state index in [2.05, 4.69) is 69.3 Å². The zero-order chi connectivity index (χ0) is 13.9. The quantitative estimate of drug-likeness (QED) is 0.589. The second-order valence-corrected chi connectivity index (χ2v) is 10.3. The van der Waals surface area contributed by atoms with E-state index < -0.39 is 7.38 Å². The molecule has 0 spiro atoms. The van der Waals surface area contributed by atoms with Crippen molar-refractivity contribution in [3.8, 4) is 0 Å². The van der Waals surface area contributed by atoms with Gasteiger partial charge in [0.1, 0.15) is 0 Å². The van der Waals surface area contributed by atoms with Crippen LogP contribution in [-0.4, -0.2) is 7.38 Å². The molecule has 0 heterocycles. The van der Waals surface area contributed by atoms with Crippen LogP contribution in [-0.2, 0) is 0 Å². The molecule has 0 amide bonds. The summed E-state index contributed by atoms with van der Waals surface area (Å²) in [6, 6.07) is 18.3. The van der Waals surface area contributed by atoms with Gasteiger partial charge in [0, 0.05) is 0 Å². The maximum atomic E-state index is 7.24. The van der Waals surface area contributed by atoms with Crippen LogP contribution in [0.5, 0.6) is 0 Å². The van der Waals surface area contributed by atoms with Crippen molar-refractivity contribution in [1.29, 1.82) is 0 Å². The van der Waals surface area contributed by atoms with E-state index in [0.717, 1.165) is 12.5 Å². The van der Waals surface area contributed by atoms with Gasteiger partial charge in [-0.15, -0.1) is 0 Å². The van der Waals surface area contributed by atoms with E-state index in [0.29, 0.717) is 0 Å². The summed E-state index contributed by atoms with van der Waals surface area (Å²) in [5, 5.41) is 2.74. The van der Waals surface area contributed by atoms with Gasteiger partial charge in [-0.1, -0.05) is 73.0 Å². The van der Waals surface area contributed by atoms with Crippen LogP contribution in [0.25, 0.3) is 0 Å². The molecule has 0 radical (unpaired) electrons. The molecule has 0 bridgehead atoms. The Morgan fingerprint density at radius 2 is 1.26 bits per heavy atom. The van der Waals surface area contributed by atoms with Gasteiger partial charge in [0.25, 0.3) is 0 Å². The van der Waals surface area contributed by atoms with Crippen LogP contribution >= 0.6 is 11.1 Å². The van der Waals surface area contributed by atoms with Gasteiger partial charge in [0.2, 0.25) is 7.38 Å². The van der Waals surface area contributed by atoms with E-state index >= 15 is 0 Å². The number of aryl methyl sites for hydroxylation is 2. The third-order valence-electron chi connectivity index (χ3n) is 3.74. The van der Waals surface area contributed by atoms with Gasteiger partial charge >= 0.3 is 0 Å². The summed E-state index contributed by atoms with van der Waals surface area (Å²) in [6.45, 7) is 6.57.